The molecule has 0 spiro atoms. The Kier molecular flexibility index (Phi) is 21.1. The van der Waals surface area contributed by atoms with Gasteiger partial charge in [0.15, 0.2) is 0 Å². The Morgan fingerprint density at radius 1 is 0.390 bits per heavy atom. The van der Waals surface area contributed by atoms with Gasteiger partial charge in [-0.1, -0.05) is 278 Å². The van der Waals surface area contributed by atoms with Gasteiger partial charge in [-0.05, 0) is 132 Å². The zero-order valence-electron chi connectivity index (χ0n) is 52.7. The molecule has 0 radical (unpaired) electrons. The van der Waals surface area contributed by atoms with Crippen molar-refractivity contribution in [1.29, 1.82) is 0 Å². The van der Waals surface area contributed by atoms with Crippen LogP contribution in [0.4, 0.5) is 0 Å². The van der Waals surface area contributed by atoms with Crippen molar-refractivity contribution in [2.24, 2.45) is 0 Å². The molecule has 0 saturated heterocycles. The fourth-order valence-corrected chi connectivity index (χ4v) is 15.7. The molecule has 0 fully saturated rings. The van der Waals surface area contributed by atoms with Gasteiger partial charge in [-0.15, -0.1) is 27.6 Å². The zero-order chi connectivity index (χ0) is 58.2. The zero-order valence-corrected chi connectivity index (χ0v) is 54.7. The van der Waals surface area contributed by atoms with Gasteiger partial charge in [0.2, 0.25) is 0 Å². The number of benzene rings is 3. The second kappa shape index (κ2) is 27.2. The summed E-state index contributed by atoms with van der Waals surface area (Å²) in [5.74, 6) is 10.9. The van der Waals surface area contributed by atoms with E-state index >= 15 is 0 Å². The summed E-state index contributed by atoms with van der Waals surface area (Å²) in [5, 5.41) is 0. The van der Waals surface area contributed by atoms with E-state index in [-0.39, 0.29) is 38.2 Å². The molecule has 82 heavy (non-hydrogen) atoms. The van der Waals surface area contributed by atoms with Crippen LogP contribution in [0.1, 0.15) is 231 Å². The Bertz CT molecular complexity index is 3380. The van der Waals surface area contributed by atoms with Crippen LogP contribution in [0.2, 0.25) is 18.1 Å². The molecule has 6 aromatic rings. The maximum absolute atomic E-state index is 5.65. The molecule has 6 heteroatoms. The van der Waals surface area contributed by atoms with E-state index in [1.165, 1.54) is 117 Å². The van der Waals surface area contributed by atoms with E-state index < -0.39 is 8.07 Å². The summed E-state index contributed by atoms with van der Waals surface area (Å²) >= 11 is 0. The first-order chi connectivity index (χ1) is 38.5. The van der Waals surface area contributed by atoms with E-state index in [2.05, 4.69) is 242 Å². The quantitative estimate of drug-likeness (QED) is 0.0488. The number of hydrogen-bond acceptors (Lipinski definition) is 2. The second-order valence-corrected chi connectivity index (χ2v) is 31.8. The van der Waals surface area contributed by atoms with Crippen molar-refractivity contribution in [3.63, 3.8) is 0 Å². The van der Waals surface area contributed by atoms with E-state index in [0.29, 0.717) is 0 Å². The monoisotopic (exact) mass is 1150 g/mol. The smallest absolute Gasteiger partial charge is 0.657 e. The van der Waals surface area contributed by atoms with Gasteiger partial charge in [-0.3, -0.25) is 0 Å². The molecule has 3 aromatic heterocycles. The Hall–Kier alpha value is -5.91. The Labute approximate surface area is 506 Å². The molecule has 2 aliphatic heterocycles. The third kappa shape index (κ3) is 15.6. The SMILES string of the molecule is CCCCCC[Si](C#CC#Cc1c2nc(c(-c3cc(C(C)(C)C)cc(C(C)(C)C)c3)c3ccc([n-]3)c(-c3ccccc3)c3nc(c(-c4cc(C(C)(C)C)cc(C(C)(C)C)c4)c4ccc1[n-]4)C=C3)C=C2)(CCCCCC)CCCCCC.[Ni+2]. The van der Waals surface area contributed by atoms with E-state index in [1.54, 1.807) is 0 Å². The van der Waals surface area contributed by atoms with Crippen LogP contribution in [0.25, 0.3) is 79.8 Å². The molecule has 0 N–H and O–H groups in total. The molecule has 3 aromatic carbocycles. The van der Waals surface area contributed by atoms with Crippen LogP contribution in [0.15, 0.2) is 91.0 Å². The number of unbranched alkanes of at least 4 members (excludes halogenated alkanes) is 9. The van der Waals surface area contributed by atoms with Crippen molar-refractivity contribution in [3.8, 4) is 56.7 Å². The van der Waals surface area contributed by atoms with Crippen LogP contribution in [-0.4, -0.2) is 18.0 Å². The minimum atomic E-state index is -1.96. The Balaban J connectivity index is 0.00000968. The molecule has 0 unspecified atom stereocenters. The minimum Gasteiger partial charge on any atom is -0.657 e. The van der Waals surface area contributed by atoms with E-state index in [1.807, 2.05) is 0 Å². The van der Waals surface area contributed by atoms with Gasteiger partial charge in [-0.2, -0.15) is 0 Å². The molecule has 2 aliphatic rings. The summed E-state index contributed by atoms with van der Waals surface area (Å²) in [7, 11) is -1.96. The predicted molar refractivity (Wildman–Crippen MR) is 355 cm³/mol. The predicted octanol–water partition coefficient (Wildman–Crippen LogP) is 21.2. The summed E-state index contributed by atoms with van der Waals surface area (Å²) in [4.78, 5) is 22.6. The van der Waals surface area contributed by atoms with Crippen LogP contribution in [-0.2, 0) is 38.2 Å². The van der Waals surface area contributed by atoms with Gasteiger partial charge >= 0.3 is 16.5 Å². The molecule has 0 saturated carbocycles. The van der Waals surface area contributed by atoms with Crippen molar-refractivity contribution in [2.75, 3.05) is 0 Å². The third-order valence-electron chi connectivity index (χ3n) is 16.7. The molecule has 5 heterocycles. The molecular formula is C76H94N4NiSi. The van der Waals surface area contributed by atoms with Crippen LogP contribution >= 0.6 is 0 Å². The largest absolute Gasteiger partial charge is 2.00 e. The van der Waals surface area contributed by atoms with E-state index in [9.17, 15) is 0 Å². The standard InChI is InChI=1S/C76H94N4Si.Ni/c1-16-19-22-29-44-81(45-30-23-20-17-2,46-31-24-21-18-3)47-32-28-35-61-62-36-38-66(77-62)71(55-48-57(73(4,5)6)52-58(49-55)74(7,8)9)68-42-40-64(79-68)70(54-33-26-25-27-34-54)65-41-43-69(80-65)72(67-39-37-63(61)78-67)56-50-59(75(10,11)12)53-60(51-56)76(13,14)15;/h25-27,33-34,36-43,48-53H,16-24,29-31,44-46H2,1-15H3;/q-2;+2. The fourth-order valence-electron chi connectivity index (χ4n) is 11.5. The maximum atomic E-state index is 5.65. The molecule has 8 bridgehead atoms. The molecule has 4 nitrogen and oxygen atoms in total. The van der Waals surface area contributed by atoms with Crippen molar-refractivity contribution >= 4 is 54.4 Å². The Morgan fingerprint density at radius 2 is 0.744 bits per heavy atom. The number of rotatable bonds is 18. The average Bonchev–Trinajstić information content (AvgIpc) is 4.29. The van der Waals surface area contributed by atoms with Gasteiger partial charge in [0.1, 0.15) is 8.07 Å². The van der Waals surface area contributed by atoms with Crippen LogP contribution in [0.5, 0.6) is 0 Å². The summed E-state index contributed by atoms with van der Waals surface area (Å²) in [6.07, 6.45) is 24.0. The number of fused-ring (bicyclic) bond motifs is 8. The number of aromatic nitrogens is 4. The number of hydrogen-bond donors (Lipinski definition) is 0. The van der Waals surface area contributed by atoms with Gasteiger partial charge in [0.25, 0.3) is 0 Å². The minimum absolute atomic E-state index is 0. The molecule has 0 aliphatic carbocycles. The first-order valence-electron chi connectivity index (χ1n) is 31.0. The van der Waals surface area contributed by atoms with Gasteiger partial charge < -0.3 is 9.97 Å². The maximum Gasteiger partial charge on any atom is 2.00 e. The van der Waals surface area contributed by atoms with Crippen LogP contribution < -0.4 is 9.97 Å². The second-order valence-electron chi connectivity index (χ2n) is 27.5. The summed E-state index contributed by atoms with van der Waals surface area (Å²) in [6.45, 7) is 34.6. The summed E-state index contributed by atoms with van der Waals surface area (Å²) in [6, 6.07) is 37.4. The molecule has 8 rings (SSSR count). The topological polar surface area (TPSA) is 54.0 Å². The summed E-state index contributed by atoms with van der Waals surface area (Å²) < 4.78 is 0. The first-order valence-corrected chi connectivity index (χ1v) is 33.6. The van der Waals surface area contributed by atoms with Gasteiger partial charge in [0.05, 0.1) is 22.8 Å². The number of nitrogens with zero attached hydrogens (tertiary/aromatic N) is 4. The third-order valence-corrected chi connectivity index (χ3v) is 21.3. The summed E-state index contributed by atoms with van der Waals surface area (Å²) in [5.41, 5.74) is 22.4. The fraction of sp³-hybridized carbons (Fsp3) is 0.447. The normalized spacial score (nSPS) is 12.7. The molecule has 0 atom stereocenters. The van der Waals surface area contributed by atoms with Crippen molar-refractivity contribution in [2.45, 2.75) is 221 Å². The first kappa shape index (κ1) is 63.7. The van der Waals surface area contributed by atoms with E-state index in [0.717, 1.165) is 83.8 Å². The van der Waals surface area contributed by atoms with Crippen LogP contribution in [0.3, 0.4) is 0 Å². The van der Waals surface area contributed by atoms with Crippen molar-refractivity contribution in [3.05, 3.63) is 142 Å². The van der Waals surface area contributed by atoms with Crippen molar-refractivity contribution < 1.29 is 16.5 Å². The van der Waals surface area contributed by atoms with Gasteiger partial charge in [-0.25, -0.2) is 9.97 Å². The molecule has 0 amide bonds. The van der Waals surface area contributed by atoms with E-state index in [4.69, 9.17) is 19.9 Å². The molecular weight excluding hydrogens is 1060 g/mol. The Morgan fingerprint density at radius 3 is 1.13 bits per heavy atom. The van der Waals surface area contributed by atoms with Crippen molar-refractivity contribution in [1.82, 2.24) is 19.9 Å². The van der Waals surface area contributed by atoms with Gasteiger partial charge in [0, 0.05) is 5.56 Å². The van der Waals surface area contributed by atoms with Crippen LogP contribution in [0, 0.1) is 23.3 Å². The average molecular weight is 1150 g/mol. The molecule has 432 valence electrons.